The van der Waals surface area contributed by atoms with Crippen LogP contribution < -0.4 is 20.1 Å². The number of ether oxygens (including phenoxy) is 3. The number of hydrogen-bond donors (Lipinski definition) is 2. The van der Waals surface area contributed by atoms with Crippen LogP contribution in [0.3, 0.4) is 0 Å². The lowest BCUT2D eigenvalue weighted by Crippen LogP contribution is -2.38. The standard InChI is InChI=1S/C18H29N3O3/c1-3-5-10-22-11-6-9-20-18(19-4-2)21-13-15-7-8-16-17(12-15)24-14-23-16/h7-8,12H,3-6,9-11,13-14H2,1-2H3,(H2,19,20,21). The van der Waals surface area contributed by atoms with Crippen molar-refractivity contribution in [3.63, 3.8) is 0 Å². The molecule has 1 aromatic carbocycles. The van der Waals surface area contributed by atoms with Crippen LogP contribution in [0.25, 0.3) is 0 Å². The van der Waals surface area contributed by atoms with Crippen molar-refractivity contribution in [1.29, 1.82) is 0 Å². The van der Waals surface area contributed by atoms with E-state index in [1.807, 2.05) is 18.2 Å². The zero-order valence-corrected chi connectivity index (χ0v) is 14.8. The van der Waals surface area contributed by atoms with E-state index in [2.05, 4.69) is 29.5 Å². The van der Waals surface area contributed by atoms with Crippen molar-refractivity contribution in [1.82, 2.24) is 10.6 Å². The first kappa shape index (κ1) is 18.4. The van der Waals surface area contributed by atoms with Crippen LogP contribution in [0.4, 0.5) is 0 Å². The topological polar surface area (TPSA) is 64.1 Å². The van der Waals surface area contributed by atoms with Gasteiger partial charge in [-0.25, -0.2) is 4.99 Å². The van der Waals surface area contributed by atoms with Gasteiger partial charge in [0.25, 0.3) is 0 Å². The first-order chi connectivity index (χ1) is 11.8. The molecule has 6 nitrogen and oxygen atoms in total. The molecule has 0 bridgehead atoms. The van der Waals surface area contributed by atoms with E-state index in [9.17, 15) is 0 Å². The third-order valence-electron chi connectivity index (χ3n) is 3.60. The Morgan fingerprint density at radius 2 is 1.96 bits per heavy atom. The maximum Gasteiger partial charge on any atom is 0.231 e. The first-order valence-electron chi connectivity index (χ1n) is 8.82. The molecule has 1 aliphatic rings. The lowest BCUT2D eigenvalue weighted by atomic mass is 10.2. The summed E-state index contributed by atoms with van der Waals surface area (Å²) >= 11 is 0. The molecule has 0 spiro atoms. The first-order valence-corrected chi connectivity index (χ1v) is 8.82. The van der Waals surface area contributed by atoms with Gasteiger partial charge in [-0.3, -0.25) is 0 Å². The number of hydrogen-bond acceptors (Lipinski definition) is 4. The van der Waals surface area contributed by atoms with Gasteiger partial charge in [0.15, 0.2) is 17.5 Å². The molecular formula is C18H29N3O3. The van der Waals surface area contributed by atoms with E-state index in [1.54, 1.807) is 0 Å². The number of rotatable bonds is 10. The number of nitrogens with zero attached hydrogens (tertiary/aromatic N) is 1. The zero-order chi connectivity index (χ0) is 17.0. The average molecular weight is 335 g/mol. The van der Waals surface area contributed by atoms with Crippen molar-refractivity contribution in [2.75, 3.05) is 33.1 Å². The Kier molecular flexibility index (Phi) is 8.24. The summed E-state index contributed by atoms with van der Waals surface area (Å²) in [5.41, 5.74) is 1.10. The normalized spacial score (nSPS) is 13.2. The van der Waals surface area contributed by atoms with Crippen LogP contribution in [0, 0.1) is 0 Å². The third kappa shape index (κ3) is 6.28. The number of aliphatic imine (C=N–C) groups is 1. The maximum absolute atomic E-state index is 5.56. The summed E-state index contributed by atoms with van der Waals surface area (Å²) in [7, 11) is 0. The van der Waals surface area contributed by atoms with Gasteiger partial charge in [-0.2, -0.15) is 0 Å². The van der Waals surface area contributed by atoms with Gasteiger partial charge in [0, 0.05) is 26.3 Å². The molecule has 0 aliphatic carbocycles. The van der Waals surface area contributed by atoms with Gasteiger partial charge in [-0.1, -0.05) is 19.4 Å². The Morgan fingerprint density at radius 1 is 1.12 bits per heavy atom. The van der Waals surface area contributed by atoms with E-state index in [-0.39, 0.29) is 0 Å². The van der Waals surface area contributed by atoms with Crippen LogP contribution in [0.2, 0.25) is 0 Å². The van der Waals surface area contributed by atoms with Gasteiger partial charge < -0.3 is 24.8 Å². The Hall–Kier alpha value is -1.95. The Morgan fingerprint density at radius 3 is 2.79 bits per heavy atom. The fourth-order valence-corrected chi connectivity index (χ4v) is 2.28. The molecule has 0 fully saturated rings. The lowest BCUT2D eigenvalue weighted by Gasteiger charge is -2.11. The fourth-order valence-electron chi connectivity index (χ4n) is 2.28. The zero-order valence-electron chi connectivity index (χ0n) is 14.8. The van der Waals surface area contributed by atoms with E-state index in [1.165, 1.54) is 6.42 Å². The van der Waals surface area contributed by atoms with E-state index in [4.69, 9.17) is 14.2 Å². The van der Waals surface area contributed by atoms with Crippen LogP contribution >= 0.6 is 0 Å². The Bertz CT molecular complexity index is 520. The van der Waals surface area contributed by atoms with Gasteiger partial charge in [-0.05, 0) is 37.5 Å². The molecule has 1 aromatic rings. The highest BCUT2D eigenvalue weighted by molar-refractivity contribution is 5.79. The largest absolute Gasteiger partial charge is 0.454 e. The highest BCUT2D eigenvalue weighted by Crippen LogP contribution is 2.32. The quantitative estimate of drug-likeness (QED) is 0.391. The number of fused-ring (bicyclic) bond motifs is 1. The summed E-state index contributed by atoms with van der Waals surface area (Å²) in [5, 5.41) is 6.60. The number of benzene rings is 1. The minimum atomic E-state index is 0.298. The molecule has 0 atom stereocenters. The van der Waals surface area contributed by atoms with Gasteiger partial charge >= 0.3 is 0 Å². The lowest BCUT2D eigenvalue weighted by molar-refractivity contribution is 0.129. The maximum atomic E-state index is 5.56. The molecule has 2 N–H and O–H groups in total. The van der Waals surface area contributed by atoms with E-state index < -0.39 is 0 Å². The highest BCUT2D eigenvalue weighted by Gasteiger charge is 2.12. The molecule has 0 amide bonds. The SMILES string of the molecule is CCCCOCCCNC(=NCc1ccc2c(c1)OCO2)NCC. The van der Waals surface area contributed by atoms with Gasteiger partial charge in [0.2, 0.25) is 6.79 Å². The predicted octanol–water partition coefficient (Wildman–Crippen LogP) is 2.68. The minimum Gasteiger partial charge on any atom is -0.454 e. The summed E-state index contributed by atoms with van der Waals surface area (Å²) in [6.07, 6.45) is 3.28. The molecule has 0 aromatic heterocycles. The van der Waals surface area contributed by atoms with Crippen molar-refractivity contribution >= 4 is 5.96 Å². The number of unbranched alkanes of at least 4 members (excludes halogenated alkanes) is 1. The van der Waals surface area contributed by atoms with Crippen LogP contribution in [-0.4, -0.2) is 39.1 Å². The minimum absolute atomic E-state index is 0.298. The van der Waals surface area contributed by atoms with Gasteiger partial charge in [-0.15, -0.1) is 0 Å². The second-order valence-electron chi connectivity index (χ2n) is 5.63. The molecule has 134 valence electrons. The Balaban J connectivity index is 1.74. The highest BCUT2D eigenvalue weighted by atomic mass is 16.7. The fraction of sp³-hybridized carbons (Fsp3) is 0.611. The van der Waals surface area contributed by atoms with Gasteiger partial charge in [0.1, 0.15) is 0 Å². The molecule has 1 aliphatic heterocycles. The van der Waals surface area contributed by atoms with Crippen molar-refractivity contribution in [2.45, 2.75) is 39.7 Å². The second kappa shape index (κ2) is 10.8. The van der Waals surface area contributed by atoms with Crippen molar-refractivity contribution in [3.05, 3.63) is 23.8 Å². The summed E-state index contributed by atoms with van der Waals surface area (Å²) in [6.45, 7) is 8.45. The summed E-state index contributed by atoms with van der Waals surface area (Å²) in [5.74, 6) is 2.42. The van der Waals surface area contributed by atoms with E-state index in [0.717, 1.165) is 62.2 Å². The summed E-state index contributed by atoms with van der Waals surface area (Å²) < 4.78 is 16.3. The monoisotopic (exact) mass is 335 g/mol. The molecule has 0 saturated carbocycles. The van der Waals surface area contributed by atoms with Gasteiger partial charge in [0.05, 0.1) is 6.54 Å². The predicted molar refractivity (Wildman–Crippen MR) is 95.7 cm³/mol. The molecule has 1 heterocycles. The average Bonchev–Trinajstić information content (AvgIpc) is 3.06. The molecule has 6 heteroatoms. The van der Waals surface area contributed by atoms with Crippen LogP contribution in [-0.2, 0) is 11.3 Å². The van der Waals surface area contributed by atoms with E-state index >= 15 is 0 Å². The number of nitrogens with one attached hydrogen (secondary N) is 2. The molecule has 0 unspecified atom stereocenters. The molecular weight excluding hydrogens is 306 g/mol. The number of guanidine groups is 1. The van der Waals surface area contributed by atoms with E-state index in [0.29, 0.717) is 13.3 Å². The van der Waals surface area contributed by atoms with Crippen molar-refractivity contribution in [3.8, 4) is 11.5 Å². The van der Waals surface area contributed by atoms with Crippen LogP contribution in [0.1, 0.15) is 38.7 Å². The molecule has 0 radical (unpaired) electrons. The smallest absolute Gasteiger partial charge is 0.231 e. The van der Waals surface area contributed by atoms with Crippen LogP contribution in [0.5, 0.6) is 11.5 Å². The van der Waals surface area contributed by atoms with Crippen molar-refractivity contribution < 1.29 is 14.2 Å². The summed E-state index contributed by atoms with van der Waals surface area (Å²) in [6, 6.07) is 5.93. The summed E-state index contributed by atoms with van der Waals surface area (Å²) in [4.78, 5) is 4.61. The second-order valence-corrected chi connectivity index (χ2v) is 5.63. The molecule has 0 saturated heterocycles. The van der Waals surface area contributed by atoms with Crippen molar-refractivity contribution in [2.24, 2.45) is 4.99 Å². The van der Waals surface area contributed by atoms with Crippen LogP contribution in [0.15, 0.2) is 23.2 Å². The third-order valence-corrected chi connectivity index (χ3v) is 3.60. The Labute approximate surface area is 144 Å². The molecule has 2 rings (SSSR count). The molecule has 24 heavy (non-hydrogen) atoms.